The van der Waals surface area contributed by atoms with Crippen LogP contribution < -0.4 is 10.9 Å². The van der Waals surface area contributed by atoms with Crippen LogP contribution in [-0.4, -0.2) is 21.6 Å². The highest BCUT2D eigenvalue weighted by atomic mass is 19.1. The average Bonchev–Trinajstić information content (AvgIpc) is 2.67. The van der Waals surface area contributed by atoms with Crippen LogP contribution in [0, 0.1) is 24.6 Å². The number of carbonyl (C=O) groups is 2. The Kier molecular flexibility index (Phi) is 5.73. The molecule has 0 saturated heterocycles. The largest absolute Gasteiger partial charge is 0.481 e. The molecule has 2 N–H and O–H groups in total. The van der Waals surface area contributed by atoms with Gasteiger partial charge in [0.05, 0.1) is 18.4 Å². The van der Waals surface area contributed by atoms with E-state index < -0.39 is 29.5 Å². The first-order valence-electron chi connectivity index (χ1n) is 9.00. The van der Waals surface area contributed by atoms with Gasteiger partial charge in [-0.2, -0.15) is 0 Å². The SMILES string of the molecule is Cc1cccn(Cc2c(F)cccc2NC(=O)[C@@H]2CC=CC[C@@H]2C(=O)O)c1=O. The van der Waals surface area contributed by atoms with E-state index in [2.05, 4.69) is 5.32 Å². The normalized spacial score (nSPS) is 18.6. The molecule has 28 heavy (non-hydrogen) atoms. The summed E-state index contributed by atoms with van der Waals surface area (Å²) in [6.45, 7) is 1.63. The molecule has 0 fully saturated rings. The summed E-state index contributed by atoms with van der Waals surface area (Å²) in [5.74, 6) is -3.61. The third-order valence-electron chi connectivity index (χ3n) is 5.00. The lowest BCUT2D eigenvalue weighted by Gasteiger charge is -2.25. The number of anilines is 1. The van der Waals surface area contributed by atoms with Crippen LogP contribution in [0.1, 0.15) is 24.0 Å². The van der Waals surface area contributed by atoms with Gasteiger partial charge in [-0.1, -0.05) is 24.3 Å². The molecule has 0 saturated carbocycles. The molecule has 0 unspecified atom stereocenters. The number of pyridine rings is 1. The van der Waals surface area contributed by atoms with E-state index in [0.717, 1.165) is 0 Å². The van der Waals surface area contributed by atoms with Crippen molar-refractivity contribution in [2.24, 2.45) is 11.8 Å². The van der Waals surface area contributed by atoms with Gasteiger partial charge < -0.3 is 15.0 Å². The van der Waals surface area contributed by atoms with Crippen molar-refractivity contribution in [2.45, 2.75) is 26.3 Å². The molecule has 1 aliphatic carbocycles. The van der Waals surface area contributed by atoms with E-state index in [-0.39, 0.29) is 29.8 Å². The van der Waals surface area contributed by atoms with Gasteiger partial charge in [0.15, 0.2) is 0 Å². The second-order valence-electron chi connectivity index (χ2n) is 6.87. The number of allylic oxidation sites excluding steroid dienone is 2. The molecule has 2 aromatic rings. The van der Waals surface area contributed by atoms with Crippen molar-refractivity contribution in [1.82, 2.24) is 4.57 Å². The van der Waals surface area contributed by atoms with Crippen LogP contribution in [0.25, 0.3) is 0 Å². The molecule has 0 spiro atoms. The fourth-order valence-electron chi connectivity index (χ4n) is 3.39. The first-order chi connectivity index (χ1) is 13.4. The molecule has 0 aliphatic heterocycles. The minimum atomic E-state index is -1.03. The Morgan fingerprint density at radius 3 is 2.61 bits per heavy atom. The summed E-state index contributed by atoms with van der Waals surface area (Å²) in [6, 6.07) is 7.64. The summed E-state index contributed by atoms with van der Waals surface area (Å²) >= 11 is 0. The Labute approximate surface area is 161 Å². The average molecular weight is 384 g/mol. The number of halogens is 1. The molecule has 146 valence electrons. The number of carbonyl (C=O) groups excluding carboxylic acids is 1. The Balaban J connectivity index is 1.89. The van der Waals surface area contributed by atoms with Gasteiger partial charge in [0.25, 0.3) is 5.56 Å². The number of carboxylic acid groups (broad SMARTS) is 1. The molecule has 1 aliphatic rings. The van der Waals surface area contributed by atoms with Crippen molar-refractivity contribution in [3.05, 3.63) is 76.0 Å². The summed E-state index contributed by atoms with van der Waals surface area (Å²) < 4.78 is 15.9. The lowest BCUT2D eigenvalue weighted by Crippen LogP contribution is -2.35. The molecule has 3 rings (SSSR count). The predicted octanol–water partition coefficient (Wildman–Crippen LogP) is 2.95. The molecule has 6 nitrogen and oxygen atoms in total. The molecule has 0 bridgehead atoms. The maximum Gasteiger partial charge on any atom is 0.307 e. The number of aryl methyl sites for hydroxylation is 1. The van der Waals surface area contributed by atoms with E-state index in [9.17, 15) is 23.9 Å². The zero-order valence-electron chi connectivity index (χ0n) is 15.4. The highest BCUT2D eigenvalue weighted by Gasteiger charge is 2.34. The molecule has 1 aromatic carbocycles. The second kappa shape index (κ2) is 8.21. The van der Waals surface area contributed by atoms with Crippen LogP contribution in [0.5, 0.6) is 0 Å². The molecule has 0 radical (unpaired) electrons. The van der Waals surface area contributed by atoms with Crippen LogP contribution in [0.3, 0.4) is 0 Å². The van der Waals surface area contributed by atoms with E-state index in [1.807, 2.05) is 0 Å². The number of aromatic nitrogens is 1. The molecule has 1 amide bonds. The van der Waals surface area contributed by atoms with E-state index in [0.29, 0.717) is 12.0 Å². The van der Waals surface area contributed by atoms with E-state index in [1.165, 1.54) is 16.7 Å². The lowest BCUT2D eigenvalue weighted by atomic mass is 9.82. The molecule has 7 heteroatoms. The van der Waals surface area contributed by atoms with Crippen molar-refractivity contribution in [3.8, 4) is 0 Å². The Morgan fingerprint density at radius 1 is 1.18 bits per heavy atom. The van der Waals surface area contributed by atoms with Gasteiger partial charge in [-0.3, -0.25) is 14.4 Å². The summed E-state index contributed by atoms with van der Waals surface area (Å²) in [7, 11) is 0. The van der Waals surface area contributed by atoms with Crippen molar-refractivity contribution >= 4 is 17.6 Å². The van der Waals surface area contributed by atoms with Gasteiger partial charge in [0, 0.05) is 23.0 Å². The maximum absolute atomic E-state index is 14.5. The zero-order valence-corrected chi connectivity index (χ0v) is 15.4. The fraction of sp³-hybridized carbons (Fsp3) is 0.286. The highest BCUT2D eigenvalue weighted by molar-refractivity contribution is 5.96. The summed E-state index contributed by atoms with van der Waals surface area (Å²) in [5, 5.41) is 12.0. The quantitative estimate of drug-likeness (QED) is 0.776. The maximum atomic E-state index is 14.5. The Bertz CT molecular complexity index is 996. The van der Waals surface area contributed by atoms with Crippen LogP contribution in [0.2, 0.25) is 0 Å². The lowest BCUT2D eigenvalue weighted by molar-refractivity contribution is -0.146. The standard InChI is InChI=1S/C21H21FN2O4/c1-13-6-5-11-24(20(13)26)12-16-17(22)9-4-10-18(16)23-19(25)14-7-2-3-8-15(14)21(27)28/h2-6,9-11,14-15H,7-8,12H2,1H3,(H,23,25)(H,27,28)/t14-,15+/m1/s1. The summed E-state index contributed by atoms with van der Waals surface area (Å²) in [5.41, 5.74) is 0.688. The zero-order chi connectivity index (χ0) is 20.3. The van der Waals surface area contributed by atoms with Gasteiger partial charge in [-0.25, -0.2) is 4.39 Å². The van der Waals surface area contributed by atoms with Gasteiger partial charge in [-0.15, -0.1) is 0 Å². The van der Waals surface area contributed by atoms with Gasteiger partial charge in [0.2, 0.25) is 5.91 Å². The number of amides is 1. The van der Waals surface area contributed by atoms with Gasteiger partial charge in [-0.05, 0) is 38.0 Å². The third kappa shape index (κ3) is 4.03. The number of aliphatic carboxylic acids is 1. The molecule has 2 atom stereocenters. The number of nitrogens with zero attached hydrogens (tertiary/aromatic N) is 1. The van der Waals surface area contributed by atoms with E-state index in [4.69, 9.17) is 0 Å². The smallest absolute Gasteiger partial charge is 0.307 e. The van der Waals surface area contributed by atoms with Crippen molar-refractivity contribution < 1.29 is 19.1 Å². The van der Waals surface area contributed by atoms with Crippen molar-refractivity contribution in [2.75, 3.05) is 5.32 Å². The highest BCUT2D eigenvalue weighted by Crippen LogP contribution is 2.28. The van der Waals surface area contributed by atoms with Crippen molar-refractivity contribution in [1.29, 1.82) is 0 Å². The molecule has 1 aromatic heterocycles. The Hall–Kier alpha value is -3.22. The Morgan fingerprint density at radius 2 is 1.89 bits per heavy atom. The number of carboxylic acids is 1. The third-order valence-corrected chi connectivity index (χ3v) is 5.00. The topological polar surface area (TPSA) is 88.4 Å². The first kappa shape index (κ1) is 19.5. The number of hydrogen-bond acceptors (Lipinski definition) is 3. The van der Waals surface area contributed by atoms with Crippen LogP contribution >= 0.6 is 0 Å². The van der Waals surface area contributed by atoms with Gasteiger partial charge >= 0.3 is 5.97 Å². The molecular weight excluding hydrogens is 363 g/mol. The van der Waals surface area contributed by atoms with Crippen molar-refractivity contribution in [3.63, 3.8) is 0 Å². The van der Waals surface area contributed by atoms with Crippen LogP contribution in [-0.2, 0) is 16.1 Å². The number of hydrogen-bond donors (Lipinski definition) is 2. The van der Waals surface area contributed by atoms with Gasteiger partial charge in [0.1, 0.15) is 5.82 Å². The molecular formula is C21H21FN2O4. The summed E-state index contributed by atoms with van der Waals surface area (Å²) in [4.78, 5) is 36.4. The van der Waals surface area contributed by atoms with E-state index in [1.54, 1.807) is 43.5 Å². The minimum Gasteiger partial charge on any atom is -0.481 e. The number of nitrogens with one attached hydrogen (secondary N) is 1. The van der Waals surface area contributed by atoms with E-state index >= 15 is 0 Å². The fourth-order valence-corrected chi connectivity index (χ4v) is 3.39. The number of rotatable bonds is 5. The van der Waals surface area contributed by atoms with Crippen LogP contribution in [0.4, 0.5) is 10.1 Å². The number of benzene rings is 1. The first-order valence-corrected chi connectivity index (χ1v) is 9.00. The molecule has 1 heterocycles. The van der Waals surface area contributed by atoms with Crippen LogP contribution in [0.15, 0.2) is 53.5 Å². The second-order valence-corrected chi connectivity index (χ2v) is 6.87. The minimum absolute atomic E-state index is 0.0459. The monoisotopic (exact) mass is 384 g/mol. The predicted molar refractivity (Wildman–Crippen MR) is 103 cm³/mol. The summed E-state index contributed by atoms with van der Waals surface area (Å²) in [6.07, 6.45) is 5.68.